The van der Waals surface area contributed by atoms with Crippen LogP contribution in [0.3, 0.4) is 0 Å². The average Bonchev–Trinajstić information content (AvgIpc) is 3.54. The molecular weight excluding hydrogens is 1060 g/mol. The molecule has 2 unspecified atom stereocenters. The Bertz CT molecular complexity index is 3150. The topological polar surface area (TPSA) is 166 Å². The lowest BCUT2D eigenvalue weighted by Crippen LogP contribution is -2.34. The first-order valence-electron chi connectivity index (χ1n) is 26.4. The average molecular weight is 1130 g/mol. The highest BCUT2D eigenvalue weighted by molar-refractivity contribution is 8.00. The molecular formula is C60H70N6O10S3. The van der Waals surface area contributed by atoms with Gasteiger partial charge in [-0.05, 0) is 70.8 Å². The first-order chi connectivity index (χ1) is 38.1. The Morgan fingerprint density at radius 1 is 0.456 bits per heavy atom. The molecule has 8 rings (SSSR count). The lowest BCUT2D eigenvalue weighted by molar-refractivity contribution is -0.131. The van der Waals surface area contributed by atoms with E-state index in [0.717, 1.165) is 32.7 Å². The lowest BCUT2D eigenvalue weighted by atomic mass is 10.1. The predicted molar refractivity (Wildman–Crippen MR) is 319 cm³/mol. The second-order valence-corrected chi connectivity index (χ2v) is 20.5. The zero-order valence-electron chi connectivity index (χ0n) is 45.3. The van der Waals surface area contributed by atoms with Crippen LogP contribution in [0.4, 0.5) is 0 Å². The van der Waals surface area contributed by atoms with E-state index in [1.807, 2.05) is 147 Å². The van der Waals surface area contributed by atoms with Gasteiger partial charge in [-0.25, -0.2) is 9.97 Å². The fourth-order valence-electron chi connectivity index (χ4n) is 8.73. The molecule has 0 spiro atoms. The summed E-state index contributed by atoms with van der Waals surface area (Å²) in [6.45, 7) is 10.0. The minimum atomic E-state index is -0.627. The quantitative estimate of drug-likeness (QED) is 0.0175. The molecule has 8 aromatic rings. The van der Waals surface area contributed by atoms with Crippen LogP contribution in [-0.4, -0.2) is 147 Å². The highest BCUT2D eigenvalue weighted by atomic mass is 32.2. The molecule has 79 heavy (non-hydrogen) atoms. The zero-order chi connectivity index (χ0) is 54.6. The summed E-state index contributed by atoms with van der Waals surface area (Å²) in [6.07, 6.45) is 0. The van der Waals surface area contributed by atoms with Gasteiger partial charge in [-0.2, -0.15) is 13.5 Å². The summed E-state index contributed by atoms with van der Waals surface area (Å²) in [5, 5.41) is 4.77. The van der Waals surface area contributed by atoms with Crippen molar-refractivity contribution in [3.8, 4) is 0 Å². The molecule has 0 aliphatic heterocycles. The van der Waals surface area contributed by atoms with Crippen molar-refractivity contribution in [3.63, 3.8) is 0 Å². The Morgan fingerprint density at radius 2 is 0.747 bits per heavy atom. The Labute approximate surface area is 476 Å². The van der Waals surface area contributed by atoms with E-state index in [2.05, 4.69) is 0 Å². The van der Waals surface area contributed by atoms with Crippen molar-refractivity contribution in [2.45, 2.75) is 47.7 Å². The number of fused-ring (bicyclic) bond motifs is 4. The van der Waals surface area contributed by atoms with Crippen LogP contribution < -0.4 is 11.1 Å². The van der Waals surface area contributed by atoms with Crippen molar-refractivity contribution < 1.29 is 38.0 Å². The normalized spacial score (nSPS) is 12.3. The van der Waals surface area contributed by atoms with E-state index in [0.29, 0.717) is 138 Å². The zero-order valence-corrected chi connectivity index (χ0v) is 47.9. The monoisotopic (exact) mass is 1130 g/mol. The van der Waals surface area contributed by atoms with Crippen LogP contribution in [0.25, 0.3) is 43.4 Å². The van der Waals surface area contributed by atoms with Crippen LogP contribution in [0.1, 0.15) is 35.5 Å². The first-order valence-corrected chi connectivity index (χ1v) is 28.2. The van der Waals surface area contributed by atoms with E-state index >= 15 is 0 Å². The van der Waals surface area contributed by atoms with E-state index in [1.54, 1.807) is 33.0 Å². The Morgan fingerprint density at radius 3 is 1.06 bits per heavy atom. The summed E-state index contributed by atoms with van der Waals surface area (Å²) in [4.78, 5) is 68.7. The molecule has 2 amide bonds. The van der Waals surface area contributed by atoms with Crippen molar-refractivity contribution in [1.82, 2.24) is 28.9 Å². The lowest BCUT2D eigenvalue weighted by Gasteiger charge is -2.24. The maximum atomic E-state index is 14.0. The highest BCUT2D eigenvalue weighted by Gasteiger charge is 2.29. The molecule has 418 valence electrons. The van der Waals surface area contributed by atoms with E-state index in [4.69, 9.17) is 38.4 Å². The maximum Gasteiger partial charge on any atom is 0.262 e. The summed E-state index contributed by atoms with van der Waals surface area (Å²) in [5.74, 6) is -0.233. The number of likely N-dealkylation sites (N-methyl/N-ethyl adjacent to an activating group) is 2. The van der Waals surface area contributed by atoms with Gasteiger partial charge in [0.1, 0.15) is 10.5 Å². The molecule has 0 saturated carbocycles. The third-order valence-electron chi connectivity index (χ3n) is 13.1. The van der Waals surface area contributed by atoms with Crippen LogP contribution >= 0.6 is 37.0 Å². The summed E-state index contributed by atoms with van der Waals surface area (Å²) in [7, 11) is 3.52. The van der Waals surface area contributed by atoms with Gasteiger partial charge in [0.15, 0.2) is 10.3 Å². The van der Waals surface area contributed by atoms with Crippen LogP contribution in [0.5, 0.6) is 0 Å². The molecule has 0 radical (unpaired) electrons. The molecule has 0 aliphatic carbocycles. The largest absolute Gasteiger partial charge is 0.377 e. The van der Waals surface area contributed by atoms with Crippen molar-refractivity contribution >= 4 is 92.2 Å². The Balaban J connectivity index is 0.00000903. The van der Waals surface area contributed by atoms with Crippen molar-refractivity contribution in [2.75, 3.05) is 106 Å². The van der Waals surface area contributed by atoms with Gasteiger partial charge in [-0.3, -0.25) is 28.3 Å². The smallest absolute Gasteiger partial charge is 0.262 e. The summed E-state index contributed by atoms with van der Waals surface area (Å²) >= 11 is 2.58. The third-order valence-corrected chi connectivity index (χ3v) is 15.5. The van der Waals surface area contributed by atoms with E-state index in [9.17, 15) is 19.2 Å². The number of nitrogens with zero attached hydrogens (tertiary/aromatic N) is 6. The van der Waals surface area contributed by atoms with Gasteiger partial charge in [-0.15, -0.1) is 0 Å². The van der Waals surface area contributed by atoms with Gasteiger partial charge < -0.3 is 38.2 Å². The molecule has 0 saturated heterocycles. The molecule has 19 heteroatoms. The number of benzene rings is 6. The molecule has 0 fully saturated rings. The summed E-state index contributed by atoms with van der Waals surface area (Å²) in [6, 6.07) is 42.6. The number of hydrogen-bond acceptors (Lipinski definition) is 14. The Hall–Kier alpha value is -6.13. The molecule has 0 bridgehead atoms. The molecule has 0 N–H and O–H groups in total. The van der Waals surface area contributed by atoms with Gasteiger partial charge >= 0.3 is 0 Å². The number of ether oxygens (including phenoxy) is 6. The first kappa shape index (κ1) is 60.5. The fourth-order valence-corrected chi connectivity index (χ4v) is 11.3. The predicted octanol–water partition coefficient (Wildman–Crippen LogP) is 8.95. The minimum Gasteiger partial charge on any atom is -0.377 e. The van der Waals surface area contributed by atoms with E-state index < -0.39 is 10.5 Å². The van der Waals surface area contributed by atoms with Crippen molar-refractivity contribution in [1.29, 1.82) is 0 Å². The van der Waals surface area contributed by atoms with E-state index in [1.165, 1.54) is 23.5 Å². The van der Waals surface area contributed by atoms with Crippen molar-refractivity contribution in [3.05, 3.63) is 165 Å². The fraction of sp³-hybridized carbons (Fsp3) is 0.367. The molecule has 2 atom stereocenters. The number of carbonyl (C=O) groups is 2. The van der Waals surface area contributed by atoms with Crippen LogP contribution in [-0.2, 0) is 51.1 Å². The minimum absolute atomic E-state index is 0. The number of aromatic nitrogens is 4. The van der Waals surface area contributed by atoms with Crippen LogP contribution in [0, 0.1) is 0 Å². The number of thioether (sulfide) groups is 2. The number of carbonyl (C=O) groups excluding carboxylic acids is 2. The molecule has 2 heterocycles. The number of amides is 2. The molecule has 0 aliphatic rings. The van der Waals surface area contributed by atoms with Gasteiger partial charge in [0.2, 0.25) is 11.8 Å². The molecule has 6 aromatic carbocycles. The van der Waals surface area contributed by atoms with E-state index in [-0.39, 0.29) is 36.4 Å². The van der Waals surface area contributed by atoms with Gasteiger partial charge in [-0.1, -0.05) is 133 Å². The Kier molecular flexibility index (Phi) is 23.8. The second kappa shape index (κ2) is 31.0. The summed E-state index contributed by atoms with van der Waals surface area (Å²) in [5.41, 5.74) is 2.58. The van der Waals surface area contributed by atoms with Gasteiger partial charge in [0.05, 0.1) is 101 Å². The molecule has 16 nitrogen and oxygen atoms in total. The number of hydrogen-bond donors (Lipinski definition) is 0. The highest BCUT2D eigenvalue weighted by Crippen LogP contribution is 2.38. The second-order valence-electron chi connectivity index (χ2n) is 18.3. The maximum absolute atomic E-state index is 14.0. The van der Waals surface area contributed by atoms with Gasteiger partial charge in [0.25, 0.3) is 11.1 Å². The SMILES string of the molecule is CCn1c(SC(C(=O)N(C)CCOCCOCCOCCOCCOCCOCCN(C)C(=O)C(Sc2nc3cc4ccccc4cc3c(=O)n2CC)c2ccccc2)c2ccccc2)nc2cc3ccccc3cc2c1=O.S. The van der Waals surface area contributed by atoms with Crippen LogP contribution in [0.15, 0.2) is 153 Å². The standard InChI is InChI=1S/C60H68N6O10S2.H2S/c1-5-65-55(67)49-39-45-21-13-15-23-47(45)41-51(49)61-59(65)77-53(43-17-9-7-10-18-43)57(69)63(3)25-27-71-29-31-73-33-35-75-37-38-76-36-34-74-32-30-72-28-26-64(4)58(70)54(44-19-11-8-12-20-44)78-60-62-52-42-48-24-16-14-22-46(48)40-50(52)56(68)66(60)6-2;/h7-24,39-42,53-54H,5-6,25-38H2,1-4H3;1H2. The van der Waals surface area contributed by atoms with Crippen molar-refractivity contribution in [2.24, 2.45) is 0 Å². The van der Waals surface area contributed by atoms with Gasteiger partial charge in [0, 0.05) is 40.3 Å². The number of rotatable bonds is 31. The molecule has 2 aromatic heterocycles. The van der Waals surface area contributed by atoms with Crippen LogP contribution in [0.2, 0.25) is 0 Å². The third kappa shape index (κ3) is 16.3. The summed E-state index contributed by atoms with van der Waals surface area (Å²) < 4.78 is 37.5.